The number of methoxy groups -OCH3 is 1. The number of halogens is 1. The fourth-order valence-corrected chi connectivity index (χ4v) is 3.59. The fourth-order valence-electron chi connectivity index (χ4n) is 2.55. The first-order chi connectivity index (χ1) is 13.1. The molecule has 0 saturated carbocycles. The summed E-state index contributed by atoms with van der Waals surface area (Å²) in [4.78, 5) is 14.8. The molecule has 0 saturated heterocycles. The number of ketones is 1. The zero-order chi connectivity index (χ0) is 19.2. The van der Waals surface area contributed by atoms with Crippen LogP contribution >= 0.6 is 23.4 Å². The van der Waals surface area contributed by atoms with Crippen molar-refractivity contribution in [3.05, 3.63) is 99.4 Å². The van der Waals surface area contributed by atoms with Crippen LogP contribution in [0.25, 0.3) is 6.08 Å². The smallest absolute Gasteiger partial charge is 0.199 e. The van der Waals surface area contributed by atoms with E-state index >= 15 is 0 Å². The summed E-state index contributed by atoms with van der Waals surface area (Å²) in [5.41, 5.74) is 2.63. The minimum Gasteiger partial charge on any atom is -0.496 e. The molecule has 0 fully saturated rings. The lowest BCUT2D eigenvalue weighted by Gasteiger charge is -2.10. The molecule has 0 aliphatic rings. The van der Waals surface area contributed by atoms with E-state index in [0.29, 0.717) is 15.5 Å². The molecule has 3 aromatic rings. The van der Waals surface area contributed by atoms with Crippen molar-refractivity contribution in [2.45, 2.75) is 11.8 Å². The molecule has 0 amide bonds. The lowest BCUT2D eigenvalue weighted by Crippen LogP contribution is -2.01. The number of hydrogen-bond donors (Lipinski definition) is 0. The number of aryl methyl sites for hydroxylation is 1. The van der Waals surface area contributed by atoms with E-state index in [-0.39, 0.29) is 5.78 Å². The summed E-state index contributed by atoms with van der Waals surface area (Å²) in [6, 6.07) is 22.7. The maximum absolute atomic E-state index is 13.2. The van der Waals surface area contributed by atoms with Gasteiger partial charge in [0.05, 0.1) is 12.0 Å². The number of carbonyl (C=O) groups is 1. The van der Waals surface area contributed by atoms with E-state index in [4.69, 9.17) is 16.3 Å². The van der Waals surface area contributed by atoms with Gasteiger partial charge in [0, 0.05) is 21.0 Å². The van der Waals surface area contributed by atoms with Crippen LogP contribution in [0.1, 0.15) is 21.5 Å². The number of para-hydroxylation sites is 1. The van der Waals surface area contributed by atoms with Crippen LogP contribution in [0.5, 0.6) is 5.75 Å². The first-order valence-corrected chi connectivity index (χ1v) is 9.66. The number of allylic oxidation sites excluding steroid dienone is 1. The van der Waals surface area contributed by atoms with E-state index in [1.165, 1.54) is 17.3 Å². The number of rotatable bonds is 6. The third-order valence-electron chi connectivity index (χ3n) is 4.00. The minimum absolute atomic E-state index is 0.0526. The molecule has 2 nitrogen and oxygen atoms in total. The molecule has 0 N–H and O–H groups in total. The fraction of sp³-hybridized carbons (Fsp3) is 0.0870. The predicted molar refractivity (Wildman–Crippen MR) is 114 cm³/mol. The summed E-state index contributed by atoms with van der Waals surface area (Å²) in [7, 11) is 1.63. The summed E-state index contributed by atoms with van der Waals surface area (Å²) in [5.74, 6) is 0.673. The molecule has 3 rings (SSSR count). The summed E-state index contributed by atoms with van der Waals surface area (Å²) in [5, 5.41) is 0.605. The lowest BCUT2D eigenvalue weighted by molar-refractivity contribution is 0.104. The van der Waals surface area contributed by atoms with Gasteiger partial charge in [0.2, 0.25) is 0 Å². The Morgan fingerprint density at radius 1 is 0.963 bits per heavy atom. The molecule has 0 spiro atoms. The Bertz CT molecular complexity index is 960. The largest absolute Gasteiger partial charge is 0.496 e. The average molecular weight is 395 g/mol. The summed E-state index contributed by atoms with van der Waals surface area (Å²) in [6.45, 7) is 2.04. The number of thioether (sulfide) groups is 1. The average Bonchev–Trinajstić information content (AvgIpc) is 2.69. The summed E-state index contributed by atoms with van der Waals surface area (Å²) >= 11 is 7.40. The van der Waals surface area contributed by atoms with Crippen molar-refractivity contribution in [3.63, 3.8) is 0 Å². The standard InChI is InChI=1S/C23H19ClO2S/c1-16-7-13-20(14-8-16)27-22(15-18-5-3-4-6-21(18)26-2)23(25)17-9-11-19(24)12-10-17/h3-15H,1-2H3. The quantitative estimate of drug-likeness (QED) is 0.265. The monoisotopic (exact) mass is 394 g/mol. The van der Waals surface area contributed by atoms with Gasteiger partial charge in [-0.3, -0.25) is 4.79 Å². The van der Waals surface area contributed by atoms with Crippen molar-refractivity contribution < 1.29 is 9.53 Å². The summed E-state index contributed by atoms with van der Waals surface area (Å²) < 4.78 is 5.43. The van der Waals surface area contributed by atoms with E-state index in [2.05, 4.69) is 0 Å². The Hall–Kier alpha value is -2.49. The van der Waals surface area contributed by atoms with E-state index in [0.717, 1.165) is 16.2 Å². The van der Waals surface area contributed by atoms with Gasteiger partial charge in [-0.25, -0.2) is 0 Å². The van der Waals surface area contributed by atoms with Crippen LogP contribution in [-0.2, 0) is 0 Å². The van der Waals surface area contributed by atoms with Crippen LogP contribution in [-0.4, -0.2) is 12.9 Å². The number of carbonyl (C=O) groups excluding carboxylic acids is 1. The Kier molecular flexibility index (Phi) is 6.38. The molecule has 0 bridgehead atoms. The highest BCUT2D eigenvalue weighted by molar-refractivity contribution is 8.04. The van der Waals surface area contributed by atoms with Crippen molar-refractivity contribution in [2.24, 2.45) is 0 Å². The highest BCUT2D eigenvalue weighted by atomic mass is 35.5. The number of hydrogen-bond acceptors (Lipinski definition) is 3. The van der Waals surface area contributed by atoms with Crippen LogP contribution in [0.2, 0.25) is 5.02 Å². The third kappa shape index (κ3) is 5.03. The second-order valence-corrected chi connectivity index (χ2v) is 7.55. The van der Waals surface area contributed by atoms with Crippen LogP contribution in [0.3, 0.4) is 0 Å². The molecule has 0 atom stereocenters. The number of benzene rings is 3. The van der Waals surface area contributed by atoms with Crippen molar-refractivity contribution in [2.75, 3.05) is 7.11 Å². The zero-order valence-corrected chi connectivity index (χ0v) is 16.7. The van der Waals surface area contributed by atoms with Crippen LogP contribution in [0.4, 0.5) is 0 Å². The highest BCUT2D eigenvalue weighted by Crippen LogP contribution is 2.33. The third-order valence-corrected chi connectivity index (χ3v) is 5.29. The van der Waals surface area contributed by atoms with Crippen LogP contribution in [0.15, 0.2) is 82.6 Å². The molecule has 0 aromatic heterocycles. The van der Waals surface area contributed by atoms with Gasteiger partial charge in [-0.1, -0.05) is 59.3 Å². The van der Waals surface area contributed by atoms with Crippen LogP contribution < -0.4 is 4.74 Å². The van der Waals surface area contributed by atoms with Gasteiger partial charge in [0.15, 0.2) is 5.78 Å². The number of ether oxygens (including phenoxy) is 1. The minimum atomic E-state index is -0.0526. The molecule has 0 aliphatic heterocycles. The Labute approximate surface area is 168 Å². The van der Waals surface area contributed by atoms with E-state index in [1.807, 2.05) is 61.5 Å². The van der Waals surface area contributed by atoms with Crippen molar-refractivity contribution in [1.82, 2.24) is 0 Å². The number of Topliss-reactive ketones (excluding diaryl/α,β-unsaturated/α-hetero) is 1. The maximum atomic E-state index is 13.2. The Balaban J connectivity index is 2.02. The van der Waals surface area contributed by atoms with Gasteiger partial charge < -0.3 is 4.74 Å². The Morgan fingerprint density at radius 3 is 2.30 bits per heavy atom. The van der Waals surface area contributed by atoms with Gasteiger partial charge in [0.1, 0.15) is 5.75 Å². The molecule has 3 aromatic carbocycles. The molecule has 27 heavy (non-hydrogen) atoms. The van der Waals surface area contributed by atoms with Gasteiger partial charge in [-0.15, -0.1) is 0 Å². The molecular formula is C23H19ClO2S. The van der Waals surface area contributed by atoms with Crippen molar-refractivity contribution in [3.8, 4) is 5.75 Å². The zero-order valence-electron chi connectivity index (χ0n) is 15.1. The normalized spacial score (nSPS) is 11.3. The molecule has 4 heteroatoms. The van der Waals surface area contributed by atoms with Gasteiger partial charge in [0.25, 0.3) is 0 Å². The molecule has 0 radical (unpaired) electrons. The SMILES string of the molecule is COc1ccccc1C=C(Sc1ccc(C)cc1)C(=O)c1ccc(Cl)cc1. The lowest BCUT2D eigenvalue weighted by atomic mass is 10.1. The van der Waals surface area contributed by atoms with Crippen molar-refractivity contribution >= 4 is 35.2 Å². The molecule has 0 heterocycles. The van der Waals surface area contributed by atoms with Crippen LogP contribution in [0, 0.1) is 6.92 Å². The van der Waals surface area contributed by atoms with E-state index in [1.54, 1.807) is 31.4 Å². The van der Waals surface area contributed by atoms with E-state index in [9.17, 15) is 4.79 Å². The van der Waals surface area contributed by atoms with Gasteiger partial charge in [-0.2, -0.15) is 0 Å². The van der Waals surface area contributed by atoms with Gasteiger partial charge >= 0.3 is 0 Å². The van der Waals surface area contributed by atoms with Gasteiger partial charge in [-0.05, 0) is 55.5 Å². The first-order valence-electron chi connectivity index (χ1n) is 8.46. The second-order valence-electron chi connectivity index (χ2n) is 6.00. The molecule has 0 unspecified atom stereocenters. The first kappa shape index (κ1) is 19.3. The maximum Gasteiger partial charge on any atom is 0.199 e. The summed E-state index contributed by atoms with van der Waals surface area (Å²) in [6.07, 6.45) is 1.88. The van der Waals surface area contributed by atoms with E-state index < -0.39 is 0 Å². The highest BCUT2D eigenvalue weighted by Gasteiger charge is 2.15. The molecule has 136 valence electrons. The molecule has 0 aliphatic carbocycles. The molecular weight excluding hydrogens is 376 g/mol. The Morgan fingerprint density at radius 2 is 1.63 bits per heavy atom. The predicted octanol–water partition coefficient (Wildman–Crippen LogP) is 6.67. The van der Waals surface area contributed by atoms with Crippen molar-refractivity contribution in [1.29, 1.82) is 0 Å². The second kappa shape index (κ2) is 8.94. The topological polar surface area (TPSA) is 26.3 Å².